The number of carbonyl (C=O) groups excluding carboxylic acids is 2. The number of piperidine rings is 1. The van der Waals surface area contributed by atoms with E-state index in [4.69, 9.17) is 0 Å². The third kappa shape index (κ3) is 4.47. The van der Waals surface area contributed by atoms with E-state index >= 15 is 0 Å². The number of benzene rings is 1. The van der Waals surface area contributed by atoms with Crippen LogP contribution in [0.5, 0.6) is 0 Å². The summed E-state index contributed by atoms with van der Waals surface area (Å²) in [5.41, 5.74) is 0.255. The third-order valence-corrected chi connectivity index (χ3v) is 7.02. The molecule has 28 heavy (non-hydrogen) atoms. The number of thioether (sulfide) groups is 1. The number of non-ortho nitro benzene ring substituents is 1. The normalized spacial score (nSPS) is 22.1. The van der Waals surface area contributed by atoms with Crippen molar-refractivity contribution >= 4 is 29.3 Å². The predicted octanol–water partition coefficient (Wildman–Crippen LogP) is 2.15. The van der Waals surface area contributed by atoms with Crippen LogP contribution >= 0.6 is 11.8 Å². The first-order chi connectivity index (χ1) is 13.3. The predicted molar refractivity (Wildman–Crippen MR) is 108 cm³/mol. The van der Waals surface area contributed by atoms with Crippen LogP contribution in [0.1, 0.15) is 43.5 Å². The van der Waals surface area contributed by atoms with E-state index in [2.05, 4.69) is 10.6 Å². The molecule has 0 saturated carbocycles. The van der Waals surface area contributed by atoms with Gasteiger partial charge in [-0.1, -0.05) is 13.0 Å². The maximum absolute atomic E-state index is 12.7. The Bertz CT molecular complexity index is 764. The second-order valence-electron chi connectivity index (χ2n) is 7.42. The molecule has 3 rings (SSSR count). The number of amides is 2. The number of hydrogen-bond donors (Lipinski definition) is 2. The number of carbonyl (C=O) groups is 2. The molecular weight excluding hydrogens is 380 g/mol. The van der Waals surface area contributed by atoms with E-state index in [-0.39, 0.29) is 34.5 Å². The number of rotatable bonds is 5. The Labute approximate surface area is 168 Å². The second-order valence-corrected chi connectivity index (χ2v) is 8.82. The molecule has 1 spiro atoms. The van der Waals surface area contributed by atoms with E-state index in [1.54, 1.807) is 22.7 Å². The number of nitrogens with zero attached hydrogens (tertiary/aromatic N) is 2. The summed E-state index contributed by atoms with van der Waals surface area (Å²) in [5, 5.41) is 17.4. The Hall–Kier alpha value is -2.13. The van der Waals surface area contributed by atoms with Gasteiger partial charge in [0.05, 0.1) is 15.8 Å². The molecule has 2 amide bonds. The van der Waals surface area contributed by atoms with Crippen LogP contribution in [0.25, 0.3) is 0 Å². The molecule has 2 aliphatic heterocycles. The summed E-state index contributed by atoms with van der Waals surface area (Å²) in [5.74, 6) is 0.572. The minimum Gasteiger partial charge on any atom is -0.352 e. The second kappa shape index (κ2) is 8.48. The van der Waals surface area contributed by atoms with E-state index in [9.17, 15) is 19.7 Å². The number of hydrogen-bond acceptors (Lipinski definition) is 6. The van der Waals surface area contributed by atoms with Crippen LogP contribution in [-0.2, 0) is 4.79 Å². The topological polar surface area (TPSA) is 105 Å². The first kappa shape index (κ1) is 20.6. The Morgan fingerprint density at radius 2 is 2.14 bits per heavy atom. The quantitative estimate of drug-likeness (QED) is 0.573. The van der Waals surface area contributed by atoms with Crippen LogP contribution in [0.2, 0.25) is 0 Å². The van der Waals surface area contributed by atoms with Crippen molar-refractivity contribution in [1.29, 1.82) is 0 Å². The molecule has 2 fully saturated rings. The zero-order valence-corrected chi connectivity index (χ0v) is 17.0. The molecule has 2 N–H and O–H groups in total. The number of nitrogens with one attached hydrogen (secondary N) is 2. The van der Waals surface area contributed by atoms with Crippen molar-refractivity contribution in [3.8, 4) is 0 Å². The van der Waals surface area contributed by atoms with Gasteiger partial charge in [0.25, 0.3) is 11.6 Å². The minimum absolute atomic E-state index is 0.0360. The van der Waals surface area contributed by atoms with Crippen molar-refractivity contribution in [2.45, 2.75) is 50.1 Å². The maximum Gasteiger partial charge on any atom is 0.270 e. The van der Waals surface area contributed by atoms with Crippen molar-refractivity contribution in [2.24, 2.45) is 0 Å². The molecule has 2 saturated heterocycles. The highest BCUT2D eigenvalue weighted by Gasteiger charge is 2.44. The number of nitro benzene ring substituents is 1. The molecule has 152 valence electrons. The summed E-state index contributed by atoms with van der Waals surface area (Å²) in [7, 11) is 0. The Kier molecular flexibility index (Phi) is 6.24. The summed E-state index contributed by atoms with van der Waals surface area (Å²) in [6.07, 6.45) is 2.38. The van der Waals surface area contributed by atoms with E-state index < -0.39 is 4.92 Å². The summed E-state index contributed by atoms with van der Waals surface area (Å²) < 4.78 is 0. The molecule has 0 bridgehead atoms. The van der Waals surface area contributed by atoms with E-state index in [0.717, 1.165) is 25.0 Å². The lowest BCUT2D eigenvalue weighted by Crippen LogP contribution is -2.55. The van der Waals surface area contributed by atoms with Crippen LogP contribution in [0.3, 0.4) is 0 Å². The Morgan fingerprint density at radius 3 is 2.79 bits per heavy atom. The maximum atomic E-state index is 12.7. The fraction of sp³-hybridized carbons (Fsp3) is 0.579. The fourth-order valence-corrected chi connectivity index (χ4v) is 4.94. The van der Waals surface area contributed by atoms with Gasteiger partial charge in [-0.3, -0.25) is 25.0 Å². The molecular formula is C19H26N4O4S. The van der Waals surface area contributed by atoms with Gasteiger partial charge in [0, 0.05) is 42.6 Å². The molecule has 2 aliphatic rings. The van der Waals surface area contributed by atoms with Crippen molar-refractivity contribution < 1.29 is 14.5 Å². The van der Waals surface area contributed by atoms with Crippen molar-refractivity contribution in [2.75, 3.05) is 18.8 Å². The zero-order chi connectivity index (χ0) is 20.3. The lowest BCUT2D eigenvalue weighted by atomic mass is 10.0. The zero-order valence-electron chi connectivity index (χ0n) is 16.1. The molecule has 0 unspecified atom stereocenters. The highest BCUT2D eigenvalue weighted by Crippen LogP contribution is 2.39. The number of nitro groups is 1. The van der Waals surface area contributed by atoms with Crippen LogP contribution in [0.4, 0.5) is 5.69 Å². The van der Waals surface area contributed by atoms with Gasteiger partial charge < -0.3 is 10.2 Å². The van der Waals surface area contributed by atoms with Crippen molar-refractivity contribution in [3.63, 3.8) is 0 Å². The Morgan fingerprint density at radius 1 is 1.43 bits per heavy atom. The molecule has 0 aliphatic carbocycles. The average Bonchev–Trinajstić information content (AvgIpc) is 3.11. The third-order valence-electron chi connectivity index (χ3n) is 5.44. The minimum atomic E-state index is -0.494. The first-order valence-electron chi connectivity index (χ1n) is 9.59. The monoisotopic (exact) mass is 406 g/mol. The van der Waals surface area contributed by atoms with Gasteiger partial charge in [-0.15, -0.1) is 11.8 Å². The number of likely N-dealkylation sites (tertiary alicyclic amines) is 1. The molecule has 8 nitrogen and oxygen atoms in total. The van der Waals surface area contributed by atoms with Crippen LogP contribution in [0, 0.1) is 10.1 Å². The highest BCUT2D eigenvalue weighted by molar-refractivity contribution is 8.01. The van der Waals surface area contributed by atoms with Crippen molar-refractivity contribution in [1.82, 2.24) is 15.5 Å². The van der Waals surface area contributed by atoms with E-state index in [1.807, 2.05) is 13.8 Å². The van der Waals surface area contributed by atoms with Gasteiger partial charge in [0.2, 0.25) is 5.91 Å². The summed E-state index contributed by atoms with van der Waals surface area (Å²) >= 11 is 1.75. The lowest BCUT2D eigenvalue weighted by molar-refractivity contribution is -0.384. The summed E-state index contributed by atoms with van der Waals surface area (Å²) in [6.45, 7) is 5.15. The standard InChI is InChI=1S/C19H26N4O4S/c1-3-13(2)20-17(24)16-12-28-19(21-16)7-9-22(10-8-19)18(25)14-5-4-6-15(11-14)23(26)27/h4-6,11,13,16,21H,3,7-10,12H2,1-2H3,(H,20,24)/t13-,16+/m0/s1. The first-order valence-corrected chi connectivity index (χ1v) is 10.6. The fourth-order valence-electron chi connectivity index (χ4n) is 3.53. The van der Waals surface area contributed by atoms with Crippen LogP contribution in [-0.4, -0.2) is 57.4 Å². The largest absolute Gasteiger partial charge is 0.352 e. The molecule has 0 radical (unpaired) electrons. The van der Waals surface area contributed by atoms with Crippen LogP contribution < -0.4 is 10.6 Å². The van der Waals surface area contributed by atoms with Gasteiger partial charge in [0.1, 0.15) is 0 Å². The van der Waals surface area contributed by atoms with E-state index in [0.29, 0.717) is 18.7 Å². The average molecular weight is 407 g/mol. The molecule has 2 heterocycles. The van der Waals surface area contributed by atoms with Gasteiger partial charge in [-0.2, -0.15) is 0 Å². The summed E-state index contributed by atoms with van der Waals surface area (Å²) in [6, 6.07) is 5.79. The van der Waals surface area contributed by atoms with Gasteiger partial charge in [0.15, 0.2) is 0 Å². The summed E-state index contributed by atoms with van der Waals surface area (Å²) in [4.78, 5) is 37.1. The van der Waals surface area contributed by atoms with Gasteiger partial charge in [-0.05, 0) is 32.3 Å². The Balaban J connectivity index is 1.57. The van der Waals surface area contributed by atoms with E-state index in [1.165, 1.54) is 18.2 Å². The smallest absolute Gasteiger partial charge is 0.270 e. The SMILES string of the molecule is CC[C@H](C)NC(=O)[C@H]1CSC2(CCN(C(=O)c3cccc([N+](=O)[O-])c3)CC2)N1. The molecule has 0 aromatic heterocycles. The molecule has 1 aromatic rings. The van der Waals surface area contributed by atoms with Gasteiger partial charge >= 0.3 is 0 Å². The van der Waals surface area contributed by atoms with Gasteiger partial charge in [-0.25, -0.2) is 0 Å². The lowest BCUT2D eigenvalue weighted by Gasteiger charge is -2.39. The highest BCUT2D eigenvalue weighted by atomic mass is 32.2. The van der Waals surface area contributed by atoms with Crippen LogP contribution in [0.15, 0.2) is 24.3 Å². The van der Waals surface area contributed by atoms with Crippen molar-refractivity contribution in [3.05, 3.63) is 39.9 Å². The molecule has 2 atom stereocenters. The molecule has 1 aromatic carbocycles. The molecule has 9 heteroatoms.